The molecule has 0 aliphatic rings. The first-order valence-corrected chi connectivity index (χ1v) is 7.03. The number of aromatic nitrogens is 2. The summed E-state index contributed by atoms with van der Waals surface area (Å²) in [6.45, 7) is 8.15. The van der Waals surface area contributed by atoms with Gasteiger partial charge < -0.3 is 16.0 Å². The van der Waals surface area contributed by atoms with Crippen molar-refractivity contribution >= 4 is 23.1 Å². The molecule has 108 valence electrons. The molecule has 1 heterocycles. The molecule has 1 aromatic heterocycles. The Kier molecular flexibility index (Phi) is 6.31. The maximum absolute atomic E-state index is 5.90. The van der Waals surface area contributed by atoms with Crippen LogP contribution in [0.1, 0.15) is 32.4 Å². The minimum atomic E-state index is 0.230. The van der Waals surface area contributed by atoms with Crippen LogP contribution >= 0.6 is 11.6 Å². The van der Waals surface area contributed by atoms with E-state index in [2.05, 4.69) is 41.1 Å². The van der Waals surface area contributed by atoms with Gasteiger partial charge in [0.05, 0.1) is 11.4 Å². The zero-order chi connectivity index (χ0) is 14.4. The van der Waals surface area contributed by atoms with Gasteiger partial charge in [0.25, 0.3) is 0 Å². The number of hydrogen-bond acceptors (Lipinski definition) is 5. The third kappa shape index (κ3) is 5.20. The molecule has 0 aromatic carbocycles. The second kappa shape index (κ2) is 7.50. The highest BCUT2D eigenvalue weighted by atomic mass is 35.5. The second-order valence-electron chi connectivity index (χ2n) is 5.05. The molecule has 1 aromatic rings. The molecular formula is C13H24ClN5. The van der Waals surface area contributed by atoms with Crippen molar-refractivity contribution in [2.45, 2.75) is 39.7 Å². The zero-order valence-electron chi connectivity index (χ0n) is 12.2. The topological polar surface area (TPSA) is 67.1 Å². The Morgan fingerprint density at radius 1 is 1.32 bits per heavy atom. The lowest BCUT2D eigenvalue weighted by atomic mass is 10.2. The average molecular weight is 286 g/mol. The molecule has 0 saturated carbocycles. The molecule has 0 fully saturated rings. The van der Waals surface area contributed by atoms with Crippen LogP contribution in [0.25, 0.3) is 0 Å². The fourth-order valence-electron chi connectivity index (χ4n) is 1.63. The summed E-state index contributed by atoms with van der Waals surface area (Å²) in [6.07, 6.45) is 2.20. The third-order valence-corrected chi connectivity index (χ3v) is 3.39. The van der Waals surface area contributed by atoms with E-state index in [1.54, 1.807) is 0 Å². The van der Waals surface area contributed by atoms with Crippen molar-refractivity contribution in [3.8, 4) is 0 Å². The van der Waals surface area contributed by atoms with E-state index in [4.69, 9.17) is 17.3 Å². The third-order valence-electron chi connectivity index (χ3n) is 3.22. The Labute approximate surface area is 120 Å². The highest BCUT2D eigenvalue weighted by Crippen LogP contribution is 2.20. The van der Waals surface area contributed by atoms with Gasteiger partial charge in [-0.2, -0.15) is 4.98 Å². The first kappa shape index (κ1) is 16.0. The molecule has 0 saturated heterocycles. The van der Waals surface area contributed by atoms with E-state index in [-0.39, 0.29) is 5.28 Å². The fourth-order valence-corrected chi connectivity index (χ4v) is 1.84. The Morgan fingerprint density at radius 2 is 2.00 bits per heavy atom. The first-order valence-electron chi connectivity index (χ1n) is 6.65. The maximum Gasteiger partial charge on any atom is 0.224 e. The van der Waals surface area contributed by atoms with Crippen LogP contribution in [0.3, 0.4) is 0 Å². The largest absolute Gasteiger partial charge is 0.394 e. The maximum atomic E-state index is 5.90. The summed E-state index contributed by atoms with van der Waals surface area (Å²) in [5.74, 6) is 0.634. The zero-order valence-corrected chi connectivity index (χ0v) is 13.0. The Bertz CT molecular complexity index is 408. The van der Waals surface area contributed by atoms with E-state index in [1.807, 2.05) is 6.92 Å². The quantitative estimate of drug-likeness (QED) is 0.595. The van der Waals surface area contributed by atoms with Crippen molar-refractivity contribution in [2.24, 2.45) is 0 Å². The Hall–Kier alpha value is -1.07. The van der Waals surface area contributed by atoms with Gasteiger partial charge in [0.15, 0.2) is 5.82 Å². The van der Waals surface area contributed by atoms with Gasteiger partial charge in [-0.15, -0.1) is 0 Å². The lowest BCUT2D eigenvalue weighted by Gasteiger charge is -2.20. The molecule has 0 bridgehead atoms. The predicted molar refractivity (Wildman–Crippen MR) is 81.7 cm³/mol. The lowest BCUT2D eigenvalue weighted by Crippen LogP contribution is -2.27. The van der Waals surface area contributed by atoms with Gasteiger partial charge >= 0.3 is 0 Å². The van der Waals surface area contributed by atoms with Crippen molar-refractivity contribution in [3.63, 3.8) is 0 Å². The number of aryl methyl sites for hydroxylation is 1. The van der Waals surface area contributed by atoms with Crippen LogP contribution in [0.4, 0.5) is 11.5 Å². The van der Waals surface area contributed by atoms with Crippen molar-refractivity contribution in [2.75, 3.05) is 31.2 Å². The molecule has 0 radical (unpaired) electrons. The number of hydrogen-bond donors (Lipinski definition) is 2. The molecule has 1 rings (SSSR count). The summed E-state index contributed by atoms with van der Waals surface area (Å²) in [4.78, 5) is 10.4. The summed E-state index contributed by atoms with van der Waals surface area (Å²) < 4.78 is 0. The van der Waals surface area contributed by atoms with Crippen molar-refractivity contribution in [1.29, 1.82) is 0 Å². The molecule has 0 spiro atoms. The van der Waals surface area contributed by atoms with E-state index in [9.17, 15) is 0 Å². The van der Waals surface area contributed by atoms with E-state index in [0.29, 0.717) is 23.2 Å². The number of nitrogens with one attached hydrogen (secondary N) is 1. The average Bonchev–Trinajstić information content (AvgIpc) is 2.34. The number of unbranched alkanes of at least 4 members (excludes halogenated alkanes) is 1. The predicted octanol–water partition coefficient (Wildman–Crippen LogP) is 2.55. The van der Waals surface area contributed by atoms with Gasteiger partial charge in [0.2, 0.25) is 5.28 Å². The van der Waals surface area contributed by atoms with Crippen LogP contribution in [0.2, 0.25) is 5.28 Å². The van der Waals surface area contributed by atoms with Crippen molar-refractivity contribution in [1.82, 2.24) is 14.9 Å². The molecule has 0 atom stereocenters. The summed E-state index contributed by atoms with van der Waals surface area (Å²) in [5.41, 5.74) is 7.18. The summed E-state index contributed by atoms with van der Waals surface area (Å²) >= 11 is 5.81. The summed E-state index contributed by atoms with van der Waals surface area (Å²) in [5, 5.41) is 3.45. The van der Waals surface area contributed by atoms with E-state index >= 15 is 0 Å². The minimum Gasteiger partial charge on any atom is -0.394 e. The van der Waals surface area contributed by atoms with Crippen LogP contribution in [-0.2, 0) is 0 Å². The van der Waals surface area contributed by atoms with Crippen molar-refractivity contribution < 1.29 is 0 Å². The summed E-state index contributed by atoms with van der Waals surface area (Å²) in [6, 6.07) is 0.590. The van der Waals surface area contributed by atoms with Crippen LogP contribution < -0.4 is 11.1 Å². The number of halogens is 1. The van der Waals surface area contributed by atoms with E-state index in [1.165, 1.54) is 0 Å². The van der Waals surface area contributed by atoms with Gasteiger partial charge in [0.1, 0.15) is 0 Å². The SMILES string of the molecule is Cc1nc(Cl)nc(NCCCCN(C)C(C)C)c1N. The van der Waals surface area contributed by atoms with E-state index < -0.39 is 0 Å². The second-order valence-corrected chi connectivity index (χ2v) is 5.39. The molecule has 0 aliphatic heterocycles. The number of nitrogens with zero attached hydrogens (tertiary/aromatic N) is 3. The molecule has 19 heavy (non-hydrogen) atoms. The lowest BCUT2D eigenvalue weighted by molar-refractivity contribution is 0.269. The van der Waals surface area contributed by atoms with Gasteiger partial charge in [0, 0.05) is 12.6 Å². The fraction of sp³-hybridized carbons (Fsp3) is 0.692. The first-order chi connectivity index (χ1) is 8.91. The molecule has 0 amide bonds. The monoisotopic (exact) mass is 285 g/mol. The summed E-state index contributed by atoms with van der Waals surface area (Å²) in [7, 11) is 2.14. The number of nitrogens with two attached hydrogens (primary N) is 1. The number of anilines is 2. The molecular weight excluding hydrogens is 262 g/mol. The van der Waals surface area contributed by atoms with Crippen molar-refractivity contribution in [3.05, 3.63) is 11.0 Å². The minimum absolute atomic E-state index is 0.230. The van der Waals surface area contributed by atoms with Crippen LogP contribution in [0.5, 0.6) is 0 Å². The van der Waals surface area contributed by atoms with Gasteiger partial charge in [-0.25, -0.2) is 4.98 Å². The standard InChI is InChI=1S/C13H24ClN5/c1-9(2)19(4)8-6-5-7-16-12-11(15)10(3)17-13(14)18-12/h9H,5-8,15H2,1-4H3,(H,16,17,18). The van der Waals surface area contributed by atoms with Crippen LogP contribution in [0.15, 0.2) is 0 Å². The highest BCUT2D eigenvalue weighted by Gasteiger charge is 2.07. The molecule has 0 unspecified atom stereocenters. The normalized spacial score (nSPS) is 11.3. The van der Waals surface area contributed by atoms with Gasteiger partial charge in [-0.1, -0.05) is 0 Å². The smallest absolute Gasteiger partial charge is 0.224 e. The Morgan fingerprint density at radius 3 is 2.63 bits per heavy atom. The highest BCUT2D eigenvalue weighted by molar-refractivity contribution is 6.28. The molecule has 5 nitrogen and oxygen atoms in total. The molecule has 0 aliphatic carbocycles. The number of rotatable bonds is 7. The van der Waals surface area contributed by atoms with Gasteiger partial charge in [-0.3, -0.25) is 0 Å². The van der Waals surface area contributed by atoms with Crippen LogP contribution in [0, 0.1) is 6.92 Å². The van der Waals surface area contributed by atoms with Crippen LogP contribution in [-0.4, -0.2) is 41.0 Å². The molecule has 3 N–H and O–H groups in total. The molecule has 6 heteroatoms. The van der Waals surface area contributed by atoms with Gasteiger partial charge in [-0.05, 0) is 58.8 Å². The number of nitrogen functional groups attached to an aromatic ring is 1. The Balaban J connectivity index is 2.34. The van der Waals surface area contributed by atoms with E-state index in [0.717, 1.165) is 25.9 Å².